The topological polar surface area (TPSA) is 66.4 Å². The smallest absolute Gasteiger partial charge is 0.229 e. The van der Waals surface area contributed by atoms with E-state index in [9.17, 15) is 9.59 Å². The first-order valence-corrected chi connectivity index (χ1v) is 10.9. The van der Waals surface area contributed by atoms with Crippen molar-refractivity contribution in [3.8, 4) is 0 Å². The minimum atomic E-state index is -0.424. The van der Waals surface area contributed by atoms with Crippen LogP contribution in [0.5, 0.6) is 0 Å². The first kappa shape index (κ1) is 20.5. The van der Waals surface area contributed by atoms with Gasteiger partial charge in [0.2, 0.25) is 11.8 Å². The second kappa shape index (κ2) is 8.94. The zero-order chi connectivity index (χ0) is 21.0. The number of likely N-dealkylation sites (tertiary alicyclic amines) is 2. The molecule has 0 aliphatic carbocycles. The highest BCUT2D eigenvalue weighted by Gasteiger charge is 2.44. The molecule has 0 bridgehead atoms. The molecular formula is C24H30N4O2. The molecule has 2 amide bonds. The molecule has 4 rings (SSSR count). The van der Waals surface area contributed by atoms with Crippen molar-refractivity contribution in [3.63, 3.8) is 0 Å². The molecule has 2 aromatic rings. The van der Waals surface area contributed by atoms with E-state index in [4.69, 9.17) is 0 Å². The number of hydrogen-bond acceptors (Lipinski definition) is 4. The predicted molar refractivity (Wildman–Crippen MR) is 115 cm³/mol. The van der Waals surface area contributed by atoms with Gasteiger partial charge in [-0.05, 0) is 37.7 Å². The average Bonchev–Trinajstić information content (AvgIpc) is 2.80. The third-order valence-electron chi connectivity index (χ3n) is 6.79. The molecule has 0 atom stereocenters. The molecule has 2 saturated heterocycles. The number of carbonyl (C=O) groups is 2. The summed E-state index contributed by atoms with van der Waals surface area (Å²) < 4.78 is 0. The van der Waals surface area contributed by atoms with Crippen LogP contribution >= 0.6 is 0 Å². The van der Waals surface area contributed by atoms with Gasteiger partial charge in [-0.3, -0.25) is 19.6 Å². The SMILES string of the molecule is CC(=O)N1CCC(Cc2ccccc2)(C(=O)N2CCC(c3cnccn3)CC2)CC1. The average molecular weight is 407 g/mol. The van der Waals surface area contributed by atoms with E-state index in [1.54, 1.807) is 19.3 Å². The minimum absolute atomic E-state index is 0.0977. The third-order valence-corrected chi connectivity index (χ3v) is 6.79. The fourth-order valence-corrected chi connectivity index (χ4v) is 4.94. The zero-order valence-corrected chi connectivity index (χ0v) is 17.7. The molecule has 2 aliphatic rings. The van der Waals surface area contributed by atoms with Crippen LogP contribution in [-0.4, -0.2) is 57.8 Å². The summed E-state index contributed by atoms with van der Waals surface area (Å²) in [5, 5.41) is 0. The Morgan fingerprint density at radius 2 is 1.70 bits per heavy atom. The Morgan fingerprint density at radius 1 is 1.00 bits per heavy atom. The van der Waals surface area contributed by atoms with Gasteiger partial charge in [-0.2, -0.15) is 0 Å². The van der Waals surface area contributed by atoms with E-state index < -0.39 is 5.41 Å². The van der Waals surface area contributed by atoms with E-state index in [2.05, 4.69) is 27.0 Å². The lowest BCUT2D eigenvalue weighted by Gasteiger charge is -2.44. The van der Waals surface area contributed by atoms with Crippen LogP contribution in [-0.2, 0) is 16.0 Å². The monoisotopic (exact) mass is 406 g/mol. The van der Waals surface area contributed by atoms with Gasteiger partial charge in [0.15, 0.2) is 0 Å². The summed E-state index contributed by atoms with van der Waals surface area (Å²) in [5.74, 6) is 0.722. The lowest BCUT2D eigenvalue weighted by Crippen LogP contribution is -2.53. The van der Waals surface area contributed by atoms with Gasteiger partial charge in [-0.15, -0.1) is 0 Å². The Hall–Kier alpha value is -2.76. The molecule has 3 heterocycles. The molecule has 0 N–H and O–H groups in total. The van der Waals surface area contributed by atoms with Crippen LogP contribution in [0.1, 0.15) is 49.8 Å². The van der Waals surface area contributed by atoms with Gasteiger partial charge in [-0.1, -0.05) is 30.3 Å². The highest BCUT2D eigenvalue weighted by molar-refractivity contribution is 5.84. The number of hydrogen-bond donors (Lipinski definition) is 0. The summed E-state index contributed by atoms with van der Waals surface area (Å²) in [6.07, 6.45) is 9.32. The van der Waals surface area contributed by atoms with Gasteiger partial charge in [-0.25, -0.2) is 0 Å². The third kappa shape index (κ3) is 4.37. The van der Waals surface area contributed by atoms with Gasteiger partial charge in [0.25, 0.3) is 0 Å². The molecule has 0 unspecified atom stereocenters. The van der Waals surface area contributed by atoms with Crippen LogP contribution in [0.4, 0.5) is 0 Å². The van der Waals surface area contributed by atoms with Crippen LogP contribution in [0.15, 0.2) is 48.9 Å². The number of piperidine rings is 2. The van der Waals surface area contributed by atoms with Crippen LogP contribution in [0.2, 0.25) is 0 Å². The zero-order valence-electron chi connectivity index (χ0n) is 17.7. The van der Waals surface area contributed by atoms with Crippen LogP contribution in [0.25, 0.3) is 0 Å². The van der Waals surface area contributed by atoms with Crippen molar-refractivity contribution < 1.29 is 9.59 Å². The van der Waals surface area contributed by atoms with E-state index in [1.165, 1.54) is 5.56 Å². The van der Waals surface area contributed by atoms with Crippen molar-refractivity contribution in [3.05, 3.63) is 60.2 Å². The molecule has 1 aromatic heterocycles. The summed E-state index contributed by atoms with van der Waals surface area (Å²) in [6.45, 7) is 4.44. The summed E-state index contributed by atoms with van der Waals surface area (Å²) in [4.78, 5) is 38.2. The molecular weight excluding hydrogens is 376 g/mol. The summed E-state index contributed by atoms with van der Waals surface area (Å²) in [7, 11) is 0. The highest BCUT2D eigenvalue weighted by atomic mass is 16.2. The molecule has 6 heteroatoms. The molecule has 6 nitrogen and oxygen atoms in total. The summed E-state index contributed by atoms with van der Waals surface area (Å²) >= 11 is 0. The predicted octanol–water partition coefficient (Wildman–Crippen LogP) is 3.05. The molecule has 2 aliphatic heterocycles. The number of benzene rings is 1. The number of nitrogens with zero attached hydrogens (tertiary/aromatic N) is 4. The van der Waals surface area contributed by atoms with Crippen molar-refractivity contribution in [2.24, 2.45) is 5.41 Å². The Kier molecular flexibility index (Phi) is 6.11. The number of amides is 2. The molecule has 0 spiro atoms. The minimum Gasteiger partial charge on any atom is -0.343 e. The Morgan fingerprint density at radius 3 is 2.30 bits per heavy atom. The molecule has 0 saturated carbocycles. The maximum Gasteiger partial charge on any atom is 0.229 e. The molecule has 0 radical (unpaired) electrons. The van der Waals surface area contributed by atoms with Gasteiger partial charge in [0.1, 0.15) is 0 Å². The normalized spacial score (nSPS) is 19.5. The lowest BCUT2D eigenvalue weighted by molar-refractivity contribution is -0.149. The standard InChI is InChI=1S/C24H30N4O2/c1-19(29)27-15-9-24(10-16-27,17-20-5-3-2-4-6-20)23(30)28-13-7-21(8-14-28)22-18-25-11-12-26-22/h2-6,11-12,18,21H,7-10,13-17H2,1H3. The molecule has 30 heavy (non-hydrogen) atoms. The second-order valence-electron chi connectivity index (χ2n) is 8.65. The van der Waals surface area contributed by atoms with Crippen LogP contribution < -0.4 is 0 Å². The number of carbonyl (C=O) groups excluding carboxylic acids is 2. The Labute approximate surface area is 178 Å². The van der Waals surface area contributed by atoms with E-state index >= 15 is 0 Å². The largest absolute Gasteiger partial charge is 0.343 e. The van der Waals surface area contributed by atoms with E-state index in [0.29, 0.717) is 19.0 Å². The highest BCUT2D eigenvalue weighted by Crippen LogP contribution is 2.39. The maximum absolute atomic E-state index is 13.8. The van der Waals surface area contributed by atoms with Gasteiger partial charge >= 0.3 is 0 Å². The Balaban J connectivity index is 1.48. The number of rotatable bonds is 4. The first-order valence-electron chi connectivity index (χ1n) is 10.9. The quantitative estimate of drug-likeness (QED) is 0.783. The Bertz CT molecular complexity index is 855. The van der Waals surface area contributed by atoms with Gasteiger partial charge in [0.05, 0.1) is 11.1 Å². The van der Waals surface area contributed by atoms with Gasteiger partial charge < -0.3 is 9.80 Å². The van der Waals surface area contributed by atoms with Crippen molar-refractivity contribution >= 4 is 11.8 Å². The molecule has 1 aromatic carbocycles. The molecule has 2 fully saturated rings. The molecule has 158 valence electrons. The van der Waals surface area contributed by atoms with Crippen LogP contribution in [0, 0.1) is 5.41 Å². The van der Waals surface area contributed by atoms with E-state index in [-0.39, 0.29) is 11.8 Å². The lowest BCUT2D eigenvalue weighted by atomic mass is 9.72. The maximum atomic E-state index is 13.8. The second-order valence-corrected chi connectivity index (χ2v) is 8.65. The van der Waals surface area contributed by atoms with E-state index in [0.717, 1.165) is 50.9 Å². The van der Waals surface area contributed by atoms with E-state index in [1.807, 2.05) is 29.3 Å². The van der Waals surface area contributed by atoms with Gasteiger partial charge in [0, 0.05) is 57.6 Å². The van der Waals surface area contributed by atoms with Crippen molar-refractivity contribution in [2.45, 2.75) is 44.9 Å². The fraction of sp³-hybridized carbons (Fsp3) is 0.500. The first-order chi connectivity index (χ1) is 14.6. The van der Waals surface area contributed by atoms with Crippen molar-refractivity contribution in [1.82, 2.24) is 19.8 Å². The van der Waals surface area contributed by atoms with Crippen molar-refractivity contribution in [2.75, 3.05) is 26.2 Å². The fourth-order valence-electron chi connectivity index (χ4n) is 4.94. The van der Waals surface area contributed by atoms with Crippen molar-refractivity contribution in [1.29, 1.82) is 0 Å². The van der Waals surface area contributed by atoms with Crippen LogP contribution in [0.3, 0.4) is 0 Å². The summed E-state index contributed by atoms with van der Waals surface area (Å²) in [6, 6.07) is 10.3. The number of aromatic nitrogens is 2. The summed E-state index contributed by atoms with van der Waals surface area (Å²) in [5.41, 5.74) is 1.79.